The number of nitrogens with one attached hydrogen (secondary N) is 1. The SMILES string of the molecule is CCc1cccc(OCCNCCCCN2C(=O)[C@H]3CCCN3C2=O)c1. The maximum atomic E-state index is 12.2. The summed E-state index contributed by atoms with van der Waals surface area (Å²) < 4.78 is 5.74. The van der Waals surface area contributed by atoms with Crippen LogP contribution >= 0.6 is 0 Å². The minimum atomic E-state index is -0.177. The van der Waals surface area contributed by atoms with Crippen LogP contribution in [-0.2, 0) is 11.2 Å². The highest BCUT2D eigenvalue weighted by atomic mass is 16.5. The van der Waals surface area contributed by atoms with E-state index >= 15 is 0 Å². The number of unbranched alkanes of at least 4 members (excludes halogenated alkanes) is 1. The predicted octanol–water partition coefficient (Wildman–Crippen LogP) is 2.42. The van der Waals surface area contributed by atoms with Gasteiger partial charge in [0.15, 0.2) is 0 Å². The van der Waals surface area contributed by atoms with Crippen LogP contribution in [0.1, 0.15) is 38.2 Å². The van der Waals surface area contributed by atoms with Gasteiger partial charge in [-0.25, -0.2) is 4.79 Å². The van der Waals surface area contributed by atoms with Crippen molar-refractivity contribution < 1.29 is 14.3 Å². The third kappa shape index (κ3) is 4.36. The Hall–Kier alpha value is -2.08. The van der Waals surface area contributed by atoms with Crippen molar-refractivity contribution in [2.45, 2.75) is 45.1 Å². The summed E-state index contributed by atoms with van der Waals surface area (Å²) in [6, 6.07) is 7.92. The summed E-state index contributed by atoms with van der Waals surface area (Å²) in [6.07, 6.45) is 4.56. The molecule has 3 rings (SSSR count). The fraction of sp³-hybridized carbons (Fsp3) is 0.600. The van der Waals surface area contributed by atoms with E-state index in [1.165, 1.54) is 10.5 Å². The fourth-order valence-electron chi connectivity index (χ4n) is 3.63. The fourth-order valence-corrected chi connectivity index (χ4v) is 3.63. The third-order valence-electron chi connectivity index (χ3n) is 5.12. The smallest absolute Gasteiger partial charge is 0.327 e. The van der Waals surface area contributed by atoms with Gasteiger partial charge in [0.05, 0.1) is 0 Å². The molecule has 1 atom stereocenters. The Morgan fingerprint density at radius 3 is 2.92 bits per heavy atom. The number of carbonyl (C=O) groups excluding carboxylic acids is 2. The van der Waals surface area contributed by atoms with Gasteiger partial charge >= 0.3 is 6.03 Å². The summed E-state index contributed by atoms with van der Waals surface area (Å²) in [5.74, 6) is 0.918. The molecule has 0 aliphatic carbocycles. The van der Waals surface area contributed by atoms with Crippen LogP contribution in [0.4, 0.5) is 4.79 Å². The van der Waals surface area contributed by atoms with Gasteiger partial charge in [-0.1, -0.05) is 19.1 Å². The Kier molecular flexibility index (Phi) is 6.50. The molecular formula is C20H29N3O3. The molecule has 0 aromatic heterocycles. The van der Waals surface area contributed by atoms with Crippen LogP contribution in [0.3, 0.4) is 0 Å². The molecule has 1 aromatic carbocycles. The highest BCUT2D eigenvalue weighted by Crippen LogP contribution is 2.27. The van der Waals surface area contributed by atoms with Crippen LogP contribution in [0.15, 0.2) is 24.3 Å². The molecule has 0 unspecified atom stereocenters. The molecule has 2 aliphatic heterocycles. The Morgan fingerprint density at radius 2 is 2.12 bits per heavy atom. The summed E-state index contributed by atoms with van der Waals surface area (Å²) in [4.78, 5) is 27.6. The summed E-state index contributed by atoms with van der Waals surface area (Å²) in [7, 11) is 0. The van der Waals surface area contributed by atoms with Gasteiger partial charge in [0.2, 0.25) is 0 Å². The van der Waals surface area contributed by atoms with Crippen LogP contribution in [0.2, 0.25) is 0 Å². The van der Waals surface area contributed by atoms with E-state index in [0.717, 1.165) is 57.5 Å². The lowest BCUT2D eigenvalue weighted by atomic mass is 10.2. The van der Waals surface area contributed by atoms with Crippen molar-refractivity contribution >= 4 is 11.9 Å². The molecule has 1 N–H and O–H groups in total. The van der Waals surface area contributed by atoms with Crippen molar-refractivity contribution in [1.29, 1.82) is 0 Å². The van der Waals surface area contributed by atoms with E-state index in [-0.39, 0.29) is 18.0 Å². The predicted molar refractivity (Wildman–Crippen MR) is 100 cm³/mol. The van der Waals surface area contributed by atoms with E-state index in [1.54, 1.807) is 4.90 Å². The van der Waals surface area contributed by atoms with E-state index in [2.05, 4.69) is 24.4 Å². The Labute approximate surface area is 155 Å². The van der Waals surface area contributed by atoms with Gasteiger partial charge in [-0.15, -0.1) is 0 Å². The van der Waals surface area contributed by atoms with Crippen LogP contribution in [0.5, 0.6) is 5.75 Å². The quantitative estimate of drug-likeness (QED) is 0.515. The van der Waals surface area contributed by atoms with Crippen molar-refractivity contribution in [1.82, 2.24) is 15.1 Å². The van der Waals surface area contributed by atoms with Gasteiger partial charge < -0.3 is 15.0 Å². The Balaban J connectivity index is 1.25. The van der Waals surface area contributed by atoms with Crippen molar-refractivity contribution in [2.24, 2.45) is 0 Å². The second-order valence-electron chi connectivity index (χ2n) is 6.93. The molecule has 2 saturated heterocycles. The van der Waals surface area contributed by atoms with E-state index in [0.29, 0.717) is 13.2 Å². The summed E-state index contributed by atoms with van der Waals surface area (Å²) >= 11 is 0. The average molecular weight is 359 g/mol. The van der Waals surface area contributed by atoms with Gasteiger partial charge in [0.25, 0.3) is 5.91 Å². The molecule has 0 spiro atoms. The molecular weight excluding hydrogens is 330 g/mol. The molecule has 1 aromatic rings. The number of benzene rings is 1. The van der Waals surface area contributed by atoms with Crippen LogP contribution in [0.25, 0.3) is 0 Å². The van der Waals surface area contributed by atoms with E-state index < -0.39 is 0 Å². The first-order valence-corrected chi connectivity index (χ1v) is 9.75. The number of imide groups is 1. The van der Waals surface area contributed by atoms with Crippen molar-refractivity contribution in [3.05, 3.63) is 29.8 Å². The maximum Gasteiger partial charge on any atom is 0.327 e. The number of carbonyl (C=O) groups is 2. The highest BCUT2D eigenvalue weighted by molar-refractivity contribution is 6.04. The lowest BCUT2D eigenvalue weighted by Gasteiger charge is -2.15. The van der Waals surface area contributed by atoms with E-state index in [1.807, 2.05) is 12.1 Å². The topological polar surface area (TPSA) is 61.9 Å². The van der Waals surface area contributed by atoms with Gasteiger partial charge in [0.1, 0.15) is 18.4 Å². The maximum absolute atomic E-state index is 12.2. The van der Waals surface area contributed by atoms with Crippen LogP contribution < -0.4 is 10.1 Å². The number of ether oxygens (including phenoxy) is 1. The first kappa shape index (κ1) is 18.7. The molecule has 0 radical (unpaired) electrons. The number of aryl methyl sites for hydroxylation is 1. The zero-order chi connectivity index (χ0) is 18.4. The van der Waals surface area contributed by atoms with Gasteiger partial charge in [-0.05, 0) is 56.3 Å². The molecule has 26 heavy (non-hydrogen) atoms. The van der Waals surface area contributed by atoms with Crippen molar-refractivity contribution in [3.8, 4) is 5.75 Å². The van der Waals surface area contributed by atoms with Crippen LogP contribution in [0, 0.1) is 0 Å². The second kappa shape index (κ2) is 9.03. The highest BCUT2D eigenvalue weighted by Gasteiger charge is 2.46. The number of fused-ring (bicyclic) bond motifs is 1. The molecule has 6 heteroatoms. The number of hydrogen-bond donors (Lipinski definition) is 1. The number of amides is 3. The lowest BCUT2D eigenvalue weighted by molar-refractivity contribution is -0.128. The van der Waals surface area contributed by atoms with Gasteiger partial charge in [-0.3, -0.25) is 9.69 Å². The number of urea groups is 1. The molecule has 2 fully saturated rings. The Morgan fingerprint density at radius 1 is 1.23 bits per heavy atom. The molecule has 6 nitrogen and oxygen atoms in total. The zero-order valence-electron chi connectivity index (χ0n) is 15.6. The van der Waals surface area contributed by atoms with Crippen LogP contribution in [-0.4, -0.2) is 60.6 Å². The van der Waals surface area contributed by atoms with Gasteiger partial charge in [-0.2, -0.15) is 0 Å². The molecule has 0 bridgehead atoms. The van der Waals surface area contributed by atoms with E-state index in [4.69, 9.17) is 4.74 Å². The van der Waals surface area contributed by atoms with Gasteiger partial charge in [0, 0.05) is 19.6 Å². The normalized spacial score (nSPS) is 19.3. The van der Waals surface area contributed by atoms with Crippen molar-refractivity contribution in [3.63, 3.8) is 0 Å². The second-order valence-corrected chi connectivity index (χ2v) is 6.93. The Bertz CT molecular complexity index is 612. The number of nitrogens with zero attached hydrogens (tertiary/aromatic N) is 2. The van der Waals surface area contributed by atoms with E-state index in [9.17, 15) is 9.59 Å². The molecule has 0 saturated carbocycles. The molecule has 2 aliphatic rings. The minimum Gasteiger partial charge on any atom is -0.492 e. The lowest BCUT2D eigenvalue weighted by Crippen LogP contribution is -2.34. The first-order chi connectivity index (χ1) is 12.7. The standard InChI is InChI=1S/C20H29N3O3/c1-2-16-7-5-8-17(15-16)26-14-11-21-10-3-4-12-23-19(24)18-9-6-13-22(18)20(23)25/h5,7-8,15,18,21H,2-4,6,9-14H2,1H3/t18-/m1/s1. The first-order valence-electron chi connectivity index (χ1n) is 9.75. The number of rotatable bonds is 10. The monoisotopic (exact) mass is 359 g/mol. The molecule has 3 amide bonds. The molecule has 2 heterocycles. The largest absolute Gasteiger partial charge is 0.492 e. The van der Waals surface area contributed by atoms with Crippen molar-refractivity contribution in [2.75, 3.05) is 32.8 Å². The summed E-state index contributed by atoms with van der Waals surface area (Å²) in [5.41, 5.74) is 1.28. The number of hydrogen-bond acceptors (Lipinski definition) is 4. The average Bonchev–Trinajstić information content (AvgIpc) is 3.23. The zero-order valence-corrected chi connectivity index (χ0v) is 15.6. The summed E-state index contributed by atoms with van der Waals surface area (Å²) in [5, 5.41) is 3.35. The third-order valence-corrected chi connectivity index (χ3v) is 5.12. The summed E-state index contributed by atoms with van der Waals surface area (Å²) in [6.45, 7) is 5.68. The molecule has 142 valence electrons. The minimum absolute atomic E-state index is 0.00293.